The lowest BCUT2D eigenvalue weighted by Gasteiger charge is -2.29. The van der Waals surface area contributed by atoms with E-state index in [1.165, 1.54) is 12.3 Å². The van der Waals surface area contributed by atoms with Crippen LogP contribution < -0.4 is 4.90 Å². The Morgan fingerprint density at radius 1 is 1.57 bits per heavy atom. The first-order chi connectivity index (χ1) is 10.0. The molecule has 1 fully saturated rings. The molecule has 2 rings (SSSR count). The predicted octanol–water partition coefficient (Wildman–Crippen LogP) is 3.28. The second-order valence-corrected chi connectivity index (χ2v) is 5.95. The monoisotopic (exact) mass is 313 g/mol. The van der Waals surface area contributed by atoms with Gasteiger partial charge in [-0.1, -0.05) is 18.5 Å². The van der Waals surface area contributed by atoms with E-state index >= 15 is 0 Å². The standard InChI is InChI=1S/C14H20ClN3O3/c1-10-3-4-12(7-10)17(5-6-21-2)14-13(18(19)20)8-11(15)9-16-14/h8-10,12H,3-7H2,1-2H3. The minimum atomic E-state index is -0.424. The van der Waals surface area contributed by atoms with Crippen LogP contribution in [0.5, 0.6) is 0 Å². The van der Waals surface area contributed by atoms with Crippen LogP contribution in [-0.4, -0.2) is 36.2 Å². The van der Waals surface area contributed by atoms with Crippen LogP contribution in [0.2, 0.25) is 5.02 Å². The summed E-state index contributed by atoms with van der Waals surface area (Å²) in [6, 6.07) is 1.63. The van der Waals surface area contributed by atoms with Crippen molar-refractivity contribution in [3.8, 4) is 0 Å². The number of nitrogens with zero attached hydrogens (tertiary/aromatic N) is 3. The summed E-state index contributed by atoms with van der Waals surface area (Å²) >= 11 is 5.84. The molecule has 1 aromatic rings. The highest BCUT2D eigenvalue weighted by Crippen LogP contribution is 2.35. The molecule has 1 saturated carbocycles. The van der Waals surface area contributed by atoms with E-state index in [0.29, 0.717) is 24.9 Å². The minimum absolute atomic E-state index is 0.0434. The van der Waals surface area contributed by atoms with Crippen LogP contribution in [0.1, 0.15) is 26.2 Å². The van der Waals surface area contributed by atoms with Crippen molar-refractivity contribution in [2.24, 2.45) is 5.92 Å². The lowest BCUT2D eigenvalue weighted by Crippen LogP contribution is -2.37. The molecule has 1 aliphatic rings. The predicted molar refractivity (Wildman–Crippen MR) is 81.9 cm³/mol. The topological polar surface area (TPSA) is 68.5 Å². The number of halogens is 1. The molecule has 21 heavy (non-hydrogen) atoms. The van der Waals surface area contributed by atoms with Crippen LogP contribution >= 0.6 is 11.6 Å². The quantitative estimate of drug-likeness (QED) is 0.595. The van der Waals surface area contributed by atoms with E-state index in [9.17, 15) is 10.1 Å². The van der Waals surface area contributed by atoms with E-state index in [1.807, 2.05) is 4.90 Å². The number of anilines is 1. The molecule has 1 aliphatic carbocycles. The van der Waals surface area contributed by atoms with E-state index in [0.717, 1.165) is 19.3 Å². The smallest absolute Gasteiger partial charge is 0.313 e. The Kier molecular flexibility index (Phi) is 5.36. The number of pyridine rings is 1. The van der Waals surface area contributed by atoms with Crippen LogP contribution in [0.25, 0.3) is 0 Å². The van der Waals surface area contributed by atoms with Crippen molar-refractivity contribution in [2.45, 2.75) is 32.2 Å². The van der Waals surface area contributed by atoms with Crippen LogP contribution in [-0.2, 0) is 4.74 Å². The number of nitro groups is 1. The van der Waals surface area contributed by atoms with Gasteiger partial charge in [-0.3, -0.25) is 10.1 Å². The fourth-order valence-corrected chi connectivity index (χ4v) is 3.04. The van der Waals surface area contributed by atoms with Gasteiger partial charge in [0.2, 0.25) is 5.82 Å². The van der Waals surface area contributed by atoms with Crippen molar-refractivity contribution in [1.29, 1.82) is 0 Å². The van der Waals surface area contributed by atoms with Gasteiger partial charge in [-0.15, -0.1) is 0 Å². The van der Waals surface area contributed by atoms with Gasteiger partial charge < -0.3 is 9.64 Å². The molecule has 7 heteroatoms. The van der Waals surface area contributed by atoms with Gasteiger partial charge in [0.25, 0.3) is 0 Å². The van der Waals surface area contributed by atoms with Gasteiger partial charge in [0, 0.05) is 32.0 Å². The maximum Gasteiger partial charge on any atom is 0.313 e. The summed E-state index contributed by atoms with van der Waals surface area (Å²) in [6.45, 7) is 3.30. The third-order valence-electron chi connectivity index (χ3n) is 3.93. The van der Waals surface area contributed by atoms with Gasteiger partial charge in [-0.2, -0.15) is 0 Å². The highest BCUT2D eigenvalue weighted by atomic mass is 35.5. The van der Waals surface area contributed by atoms with E-state index < -0.39 is 4.92 Å². The molecule has 0 spiro atoms. The number of aromatic nitrogens is 1. The Hall–Kier alpha value is -1.40. The molecule has 0 N–H and O–H groups in total. The van der Waals surface area contributed by atoms with E-state index in [1.54, 1.807) is 7.11 Å². The molecule has 116 valence electrons. The summed E-state index contributed by atoms with van der Waals surface area (Å²) in [5, 5.41) is 11.6. The molecule has 0 aromatic carbocycles. The third kappa shape index (κ3) is 3.83. The van der Waals surface area contributed by atoms with Crippen molar-refractivity contribution in [2.75, 3.05) is 25.2 Å². The van der Waals surface area contributed by atoms with E-state index in [2.05, 4.69) is 11.9 Å². The Morgan fingerprint density at radius 2 is 2.33 bits per heavy atom. The van der Waals surface area contributed by atoms with Gasteiger partial charge in [0.05, 0.1) is 16.6 Å². The van der Waals surface area contributed by atoms with Crippen molar-refractivity contribution in [3.63, 3.8) is 0 Å². The molecule has 6 nitrogen and oxygen atoms in total. The zero-order valence-electron chi connectivity index (χ0n) is 12.3. The van der Waals surface area contributed by atoms with Gasteiger partial charge in [-0.25, -0.2) is 4.98 Å². The highest BCUT2D eigenvalue weighted by molar-refractivity contribution is 6.30. The second-order valence-electron chi connectivity index (χ2n) is 5.51. The Labute approximate surface area is 129 Å². The van der Waals surface area contributed by atoms with Crippen molar-refractivity contribution >= 4 is 23.1 Å². The molecule has 0 radical (unpaired) electrons. The highest BCUT2D eigenvalue weighted by Gasteiger charge is 2.31. The Balaban J connectivity index is 2.33. The average molecular weight is 314 g/mol. The number of methoxy groups -OCH3 is 1. The number of hydrogen-bond acceptors (Lipinski definition) is 5. The first kappa shape index (κ1) is 16.0. The van der Waals surface area contributed by atoms with Gasteiger partial charge in [0.15, 0.2) is 0 Å². The molecule has 0 bridgehead atoms. The van der Waals surface area contributed by atoms with E-state index in [4.69, 9.17) is 16.3 Å². The maximum absolute atomic E-state index is 11.3. The lowest BCUT2D eigenvalue weighted by molar-refractivity contribution is -0.384. The van der Waals surface area contributed by atoms with Crippen molar-refractivity contribution < 1.29 is 9.66 Å². The van der Waals surface area contributed by atoms with Crippen LogP contribution in [0, 0.1) is 16.0 Å². The summed E-state index contributed by atoms with van der Waals surface area (Å²) in [7, 11) is 1.62. The second kappa shape index (κ2) is 7.04. The SMILES string of the molecule is COCCN(c1ncc(Cl)cc1[N+](=O)[O-])C1CCC(C)C1. The summed E-state index contributed by atoms with van der Waals surface area (Å²) in [5.74, 6) is 1.02. The molecule has 1 heterocycles. The van der Waals surface area contributed by atoms with Gasteiger partial charge in [-0.05, 0) is 25.2 Å². The summed E-state index contributed by atoms with van der Waals surface area (Å²) in [4.78, 5) is 17.1. The van der Waals surface area contributed by atoms with Crippen LogP contribution in [0.3, 0.4) is 0 Å². The fourth-order valence-electron chi connectivity index (χ4n) is 2.89. The van der Waals surface area contributed by atoms with E-state index in [-0.39, 0.29) is 16.8 Å². The van der Waals surface area contributed by atoms with Crippen LogP contribution in [0.4, 0.5) is 11.5 Å². The first-order valence-electron chi connectivity index (χ1n) is 7.08. The average Bonchev–Trinajstić information content (AvgIpc) is 2.87. The first-order valence-corrected chi connectivity index (χ1v) is 7.46. The lowest BCUT2D eigenvalue weighted by atomic mass is 10.1. The van der Waals surface area contributed by atoms with Crippen LogP contribution in [0.15, 0.2) is 12.3 Å². The minimum Gasteiger partial charge on any atom is -0.383 e. The van der Waals surface area contributed by atoms with Crippen molar-refractivity contribution in [1.82, 2.24) is 4.98 Å². The number of ether oxygens (including phenoxy) is 1. The molecular formula is C14H20ClN3O3. The Morgan fingerprint density at radius 3 is 2.90 bits per heavy atom. The molecule has 2 atom stereocenters. The molecule has 0 amide bonds. The summed E-state index contributed by atoms with van der Waals surface area (Å²) in [6.07, 6.45) is 4.63. The summed E-state index contributed by atoms with van der Waals surface area (Å²) < 4.78 is 5.14. The molecule has 1 aromatic heterocycles. The largest absolute Gasteiger partial charge is 0.383 e. The van der Waals surface area contributed by atoms with Gasteiger partial charge in [0.1, 0.15) is 0 Å². The maximum atomic E-state index is 11.3. The fraction of sp³-hybridized carbons (Fsp3) is 0.643. The number of hydrogen-bond donors (Lipinski definition) is 0. The Bertz CT molecular complexity index is 512. The molecular weight excluding hydrogens is 294 g/mol. The van der Waals surface area contributed by atoms with Crippen molar-refractivity contribution in [3.05, 3.63) is 27.4 Å². The zero-order valence-corrected chi connectivity index (χ0v) is 13.0. The normalized spacial score (nSPS) is 21.5. The third-order valence-corrected chi connectivity index (χ3v) is 4.13. The zero-order chi connectivity index (χ0) is 15.4. The molecule has 0 aliphatic heterocycles. The molecule has 2 unspecified atom stereocenters. The molecule has 0 saturated heterocycles. The summed E-state index contributed by atoms with van der Waals surface area (Å²) in [5.41, 5.74) is -0.0434. The number of rotatable bonds is 6. The van der Waals surface area contributed by atoms with Gasteiger partial charge >= 0.3 is 5.69 Å².